The molecule has 7 heteroatoms. The molecule has 1 aromatic rings. The summed E-state index contributed by atoms with van der Waals surface area (Å²) < 4.78 is 0.847. The molecule has 0 aromatic heterocycles. The molecule has 3 amide bonds. The summed E-state index contributed by atoms with van der Waals surface area (Å²) in [5.74, 6) is -0.190. The molecular formula is C16H19BrN4O2. The Kier molecular flexibility index (Phi) is 5.26. The van der Waals surface area contributed by atoms with E-state index in [9.17, 15) is 14.9 Å². The SMILES string of the molecule is CN(C(=O)CC(NC(N)=O)c1cccc(Br)c1)C1(C#N)CCC1. The Labute approximate surface area is 143 Å². The van der Waals surface area contributed by atoms with Gasteiger partial charge >= 0.3 is 6.03 Å². The molecule has 23 heavy (non-hydrogen) atoms. The van der Waals surface area contributed by atoms with E-state index in [0.29, 0.717) is 12.8 Å². The fourth-order valence-electron chi connectivity index (χ4n) is 2.73. The molecule has 0 radical (unpaired) electrons. The lowest BCUT2D eigenvalue weighted by Gasteiger charge is -2.43. The summed E-state index contributed by atoms with van der Waals surface area (Å²) >= 11 is 3.37. The summed E-state index contributed by atoms with van der Waals surface area (Å²) in [5, 5.41) is 12.0. The monoisotopic (exact) mass is 378 g/mol. The lowest BCUT2D eigenvalue weighted by molar-refractivity contribution is -0.136. The number of hydrogen-bond acceptors (Lipinski definition) is 3. The Hall–Kier alpha value is -2.07. The lowest BCUT2D eigenvalue weighted by Crippen LogP contribution is -2.54. The molecule has 1 aliphatic rings. The average molecular weight is 379 g/mol. The maximum absolute atomic E-state index is 12.6. The number of carbonyl (C=O) groups excluding carboxylic acids is 2. The van der Waals surface area contributed by atoms with Gasteiger partial charge in [-0.25, -0.2) is 4.79 Å². The number of primary amides is 1. The van der Waals surface area contributed by atoms with Crippen LogP contribution >= 0.6 is 15.9 Å². The number of amides is 3. The van der Waals surface area contributed by atoms with E-state index in [0.717, 1.165) is 16.5 Å². The first-order valence-corrected chi connectivity index (χ1v) is 8.16. The summed E-state index contributed by atoms with van der Waals surface area (Å²) in [6.07, 6.45) is 2.38. The van der Waals surface area contributed by atoms with Crippen molar-refractivity contribution < 1.29 is 9.59 Å². The molecular weight excluding hydrogens is 360 g/mol. The van der Waals surface area contributed by atoms with Crippen LogP contribution in [0, 0.1) is 11.3 Å². The van der Waals surface area contributed by atoms with E-state index >= 15 is 0 Å². The molecule has 0 saturated heterocycles. The molecule has 0 heterocycles. The molecule has 1 atom stereocenters. The number of rotatable bonds is 5. The quantitative estimate of drug-likeness (QED) is 0.822. The topological polar surface area (TPSA) is 99.2 Å². The van der Waals surface area contributed by atoms with E-state index in [-0.39, 0.29) is 12.3 Å². The van der Waals surface area contributed by atoms with Gasteiger partial charge in [0.05, 0.1) is 18.5 Å². The fraction of sp³-hybridized carbons (Fsp3) is 0.438. The van der Waals surface area contributed by atoms with Crippen LogP contribution in [0.25, 0.3) is 0 Å². The molecule has 1 aliphatic carbocycles. The number of nitrogens with two attached hydrogens (primary N) is 1. The normalized spacial score (nSPS) is 16.6. The van der Waals surface area contributed by atoms with Crippen molar-refractivity contribution in [1.29, 1.82) is 5.26 Å². The minimum atomic E-state index is -0.703. The van der Waals surface area contributed by atoms with Crippen molar-refractivity contribution in [3.63, 3.8) is 0 Å². The summed E-state index contributed by atoms with van der Waals surface area (Å²) in [6.45, 7) is 0. The van der Waals surface area contributed by atoms with E-state index in [2.05, 4.69) is 27.3 Å². The number of hydrogen-bond donors (Lipinski definition) is 2. The second kappa shape index (κ2) is 7.01. The van der Waals surface area contributed by atoms with Crippen molar-refractivity contribution in [3.8, 4) is 6.07 Å². The largest absolute Gasteiger partial charge is 0.352 e. The Morgan fingerprint density at radius 3 is 2.70 bits per heavy atom. The molecule has 0 spiro atoms. The van der Waals surface area contributed by atoms with Crippen LogP contribution in [0.1, 0.15) is 37.3 Å². The van der Waals surface area contributed by atoms with Gasteiger partial charge in [-0.05, 0) is 37.0 Å². The fourth-order valence-corrected chi connectivity index (χ4v) is 3.15. The van der Waals surface area contributed by atoms with Crippen molar-refractivity contribution in [2.24, 2.45) is 5.73 Å². The predicted molar refractivity (Wildman–Crippen MR) is 89.2 cm³/mol. The Morgan fingerprint density at radius 1 is 1.52 bits per heavy atom. The lowest BCUT2D eigenvalue weighted by atomic mass is 9.76. The van der Waals surface area contributed by atoms with Crippen LogP contribution in [0.15, 0.2) is 28.7 Å². The van der Waals surface area contributed by atoms with Crippen molar-refractivity contribution in [3.05, 3.63) is 34.3 Å². The highest BCUT2D eigenvalue weighted by atomic mass is 79.9. The summed E-state index contributed by atoms with van der Waals surface area (Å²) in [5.41, 5.74) is 5.31. The molecule has 122 valence electrons. The highest BCUT2D eigenvalue weighted by molar-refractivity contribution is 9.10. The second-order valence-corrected chi connectivity index (χ2v) is 6.69. The Morgan fingerprint density at radius 2 is 2.22 bits per heavy atom. The van der Waals surface area contributed by atoms with Gasteiger partial charge in [-0.1, -0.05) is 28.1 Å². The minimum absolute atomic E-state index is 0.0549. The first-order valence-electron chi connectivity index (χ1n) is 7.37. The zero-order chi connectivity index (χ0) is 17.0. The van der Waals surface area contributed by atoms with Crippen LogP contribution in [0.2, 0.25) is 0 Å². The number of halogens is 1. The number of nitriles is 1. The van der Waals surface area contributed by atoms with Crippen molar-refractivity contribution in [1.82, 2.24) is 10.2 Å². The molecule has 6 nitrogen and oxygen atoms in total. The van der Waals surface area contributed by atoms with Gasteiger partial charge in [0.25, 0.3) is 0 Å². The molecule has 1 aromatic carbocycles. The molecule has 2 rings (SSSR count). The van der Waals surface area contributed by atoms with Gasteiger partial charge in [-0.3, -0.25) is 4.79 Å². The molecule has 1 unspecified atom stereocenters. The maximum atomic E-state index is 12.6. The minimum Gasteiger partial charge on any atom is -0.352 e. The third kappa shape index (κ3) is 3.82. The van der Waals surface area contributed by atoms with Crippen LogP contribution in [0.5, 0.6) is 0 Å². The zero-order valence-electron chi connectivity index (χ0n) is 12.9. The molecule has 1 fully saturated rings. The van der Waals surface area contributed by atoms with Crippen LogP contribution in [0.4, 0.5) is 4.79 Å². The van der Waals surface area contributed by atoms with E-state index in [1.54, 1.807) is 7.05 Å². The van der Waals surface area contributed by atoms with Gasteiger partial charge < -0.3 is 16.0 Å². The highest BCUT2D eigenvalue weighted by Gasteiger charge is 2.43. The van der Waals surface area contributed by atoms with Gasteiger partial charge in [0, 0.05) is 11.5 Å². The smallest absolute Gasteiger partial charge is 0.312 e. The van der Waals surface area contributed by atoms with Crippen LogP contribution < -0.4 is 11.1 Å². The van der Waals surface area contributed by atoms with Crippen LogP contribution in [-0.4, -0.2) is 29.4 Å². The Bertz CT molecular complexity index is 652. The van der Waals surface area contributed by atoms with Gasteiger partial charge in [-0.2, -0.15) is 5.26 Å². The molecule has 3 N–H and O–H groups in total. The Balaban J connectivity index is 2.16. The van der Waals surface area contributed by atoms with Gasteiger partial charge in [0.1, 0.15) is 5.54 Å². The van der Waals surface area contributed by atoms with Gasteiger partial charge in [-0.15, -0.1) is 0 Å². The van der Waals surface area contributed by atoms with Gasteiger partial charge in [0.15, 0.2) is 0 Å². The van der Waals surface area contributed by atoms with Crippen molar-refractivity contribution in [2.75, 3.05) is 7.05 Å². The summed E-state index contributed by atoms with van der Waals surface area (Å²) in [6, 6.07) is 8.36. The van der Waals surface area contributed by atoms with E-state index in [1.165, 1.54) is 4.90 Å². The first kappa shape index (κ1) is 17.3. The number of benzene rings is 1. The summed E-state index contributed by atoms with van der Waals surface area (Å²) in [4.78, 5) is 25.3. The van der Waals surface area contributed by atoms with Crippen LogP contribution in [-0.2, 0) is 4.79 Å². The summed E-state index contributed by atoms with van der Waals surface area (Å²) in [7, 11) is 1.65. The van der Waals surface area contributed by atoms with Crippen molar-refractivity contribution >= 4 is 27.9 Å². The van der Waals surface area contributed by atoms with E-state index in [4.69, 9.17) is 5.73 Å². The zero-order valence-corrected chi connectivity index (χ0v) is 14.5. The third-order valence-corrected chi connectivity index (χ3v) is 4.84. The van der Waals surface area contributed by atoms with Gasteiger partial charge in [0.2, 0.25) is 5.91 Å². The number of carbonyl (C=O) groups is 2. The molecule has 1 saturated carbocycles. The highest BCUT2D eigenvalue weighted by Crippen LogP contribution is 2.37. The number of nitrogens with zero attached hydrogens (tertiary/aromatic N) is 2. The molecule has 0 bridgehead atoms. The maximum Gasteiger partial charge on any atom is 0.312 e. The number of urea groups is 1. The average Bonchev–Trinajstić information content (AvgIpc) is 2.45. The third-order valence-electron chi connectivity index (χ3n) is 4.35. The van der Waals surface area contributed by atoms with E-state index < -0.39 is 17.6 Å². The van der Waals surface area contributed by atoms with Crippen LogP contribution in [0.3, 0.4) is 0 Å². The van der Waals surface area contributed by atoms with E-state index in [1.807, 2.05) is 24.3 Å². The number of nitrogens with one attached hydrogen (secondary N) is 1. The second-order valence-electron chi connectivity index (χ2n) is 5.77. The standard InChI is InChI=1S/C16H19BrN4O2/c1-21(16(10-18)6-3-7-16)14(22)9-13(20-15(19)23)11-4-2-5-12(17)8-11/h2,4-5,8,13H,3,6-7,9H2,1H3,(H3,19,20,23). The predicted octanol–water partition coefficient (Wildman–Crippen LogP) is 2.45. The first-order chi connectivity index (χ1) is 10.9. The van der Waals surface area contributed by atoms with Crippen molar-refractivity contribution in [2.45, 2.75) is 37.3 Å². The molecule has 0 aliphatic heterocycles.